The second kappa shape index (κ2) is 6.57. The summed E-state index contributed by atoms with van der Waals surface area (Å²) in [7, 11) is 0. The molecule has 0 fully saturated rings. The van der Waals surface area contributed by atoms with Gasteiger partial charge in [-0.15, -0.1) is 0 Å². The molecule has 0 bridgehead atoms. The number of nitrogens with zero attached hydrogens (tertiary/aromatic N) is 1. The Bertz CT molecular complexity index is 341. The molecule has 1 atom stereocenters. The van der Waals surface area contributed by atoms with Gasteiger partial charge in [0.05, 0.1) is 4.92 Å². The van der Waals surface area contributed by atoms with Crippen molar-refractivity contribution in [1.82, 2.24) is 5.32 Å². The predicted octanol–water partition coefficient (Wildman–Crippen LogP) is 1.76. The van der Waals surface area contributed by atoms with E-state index in [4.69, 9.17) is 5.11 Å². The third-order valence-corrected chi connectivity index (χ3v) is 3.28. The van der Waals surface area contributed by atoms with Crippen LogP contribution in [0.25, 0.3) is 0 Å². The predicted molar refractivity (Wildman–Crippen MR) is 63.5 cm³/mol. The molecule has 0 aromatic carbocycles. The normalized spacial score (nSPS) is 12.6. The van der Waals surface area contributed by atoms with Crippen LogP contribution in [-0.2, 0) is 6.54 Å². The Labute approximate surface area is 98.3 Å². The summed E-state index contributed by atoms with van der Waals surface area (Å²) >= 11 is 1.20. The highest BCUT2D eigenvalue weighted by Gasteiger charge is 2.09. The van der Waals surface area contributed by atoms with Crippen molar-refractivity contribution in [2.45, 2.75) is 19.9 Å². The molecule has 0 amide bonds. The number of thiophene rings is 1. The minimum atomic E-state index is -0.372. The van der Waals surface area contributed by atoms with Crippen molar-refractivity contribution in [3.63, 3.8) is 0 Å². The molecule has 0 saturated heterocycles. The van der Waals surface area contributed by atoms with E-state index in [9.17, 15) is 10.1 Å². The van der Waals surface area contributed by atoms with Crippen molar-refractivity contribution >= 4 is 16.3 Å². The van der Waals surface area contributed by atoms with Gasteiger partial charge < -0.3 is 10.4 Å². The molecule has 1 unspecified atom stereocenters. The first-order valence-electron chi connectivity index (χ1n) is 5.18. The van der Waals surface area contributed by atoms with E-state index in [2.05, 4.69) is 12.2 Å². The number of hydrogen-bond donors (Lipinski definition) is 2. The standard InChI is InChI=1S/C10H16N2O3S/c1-8(4-5-13)6-11-7-9-2-3-10(16-9)12(14)15/h2-3,8,11,13H,4-7H2,1H3. The van der Waals surface area contributed by atoms with Crippen LogP contribution in [0.3, 0.4) is 0 Å². The summed E-state index contributed by atoms with van der Waals surface area (Å²) in [6, 6.07) is 3.30. The number of hydrogen-bond acceptors (Lipinski definition) is 5. The number of nitrogens with one attached hydrogen (secondary N) is 1. The highest BCUT2D eigenvalue weighted by atomic mass is 32.1. The van der Waals surface area contributed by atoms with Crippen LogP contribution in [0.4, 0.5) is 5.00 Å². The van der Waals surface area contributed by atoms with E-state index in [0.717, 1.165) is 17.8 Å². The molecule has 1 heterocycles. The molecule has 2 N–H and O–H groups in total. The first-order chi connectivity index (χ1) is 7.63. The van der Waals surface area contributed by atoms with E-state index >= 15 is 0 Å². The van der Waals surface area contributed by atoms with Gasteiger partial charge in [0, 0.05) is 24.1 Å². The van der Waals surface area contributed by atoms with Gasteiger partial charge >= 0.3 is 5.00 Å². The fraction of sp³-hybridized carbons (Fsp3) is 0.600. The van der Waals surface area contributed by atoms with E-state index in [1.54, 1.807) is 6.07 Å². The lowest BCUT2D eigenvalue weighted by Crippen LogP contribution is -2.20. The molecule has 0 saturated carbocycles. The highest BCUT2D eigenvalue weighted by molar-refractivity contribution is 7.15. The molecule has 90 valence electrons. The lowest BCUT2D eigenvalue weighted by atomic mass is 10.1. The van der Waals surface area contributed by atoms with Crippen molar-refractivity contribution in [3.8, 4) is 0 Å². The summed E-state index contributed by atoms with van der Waals surface area (Å²) in [6.07, 6.45) is 0.775. The molecule has 16 heavy (non-hydrogen) atoms. The zero-order chi connectivity index (χ0) is 12.0. The van der Waals surface area contributed by atoms with Crippen LogP contribution >= 0.6 is 11.3 Å². The zero-order valence-corrected chi connectivity index (χ0v) is 10.00. The molecule has 1 aromatic rings. The molecular formula is C10H16N2O3S. The lowest BCUT2D eigenvalue weighted by molar-refractivity contribution is -0.380. The van der Waals surface area contributed by atoms with Gasteiger partial charge in [-0.25, -0.2) is 0 Å². The minimum absolute atomic E-state index is 0.181. The topological polar surface area (TPSA) is 75.4 Å². The van der Waals surface area contributed by atoms with E-state index in [1.165, 1.54) is 17.4 Å². The third kappa shape index (κ3) is 4.26. The van der Waals surface area contributed by atoms with Crippen LogP contribution < -0.4 is 5.32 Å². The van der Waals surface area contributed by atoms with Crippen LogP contribution in [0.2, 0.25) is 0 Å². The van der Waals surface area contributed by atoms with Gasteiger partial charge in [0.15, 0.2) is 0 Å². The van der Waals surface area contributed by atoms with Gasteiger partial charge in [-0.05, 0) is 24.9 Å². The molecule has 1 aromatic heterocycles. The smallest absolute Gasteiger partial charge is 0.324 e. The minimum Gasteiger partial charge on any atom is -0.396 e. The van der Waals surface area contributed by atoms with Gasteiger partial charge in [-0.1, -0.05) is 18.3 Å². The summed E-state index contributed by atoms with van der Waals surface area (Å²) < 4.78 is 0. The average molecular weight is 244 g/mol. The Hall–Kier alpha value is -0.980. The maximum atomic E-state index is 10.4. The molecule has 0 aliphatic carbocycles. The summed E-state index contributed by atoms with van der Waals surface area (Å²) in [6.45, 7) is 3.72. The first kappa shape index (κ1) is 13.1. The maximum Gasteiger partial charge on any atom is 0.324 e. The summed E-state index contributed by atoms with van der Waals surface area (Å²) in [5.41, 5.74) is 0. The monoisotopic (exact) mass is 244 g/mol. The first-order valence-corrected chi connectivity index (χ1v) is 5.99. The Kier molecular flexibility index (Phi) is 5.37. The Morgan fingerprint density at radius 3 is 2.94 bits per heavy atom. The zero-order valence-electron chi connectivity index (χ0n) is 9.18. The van der Waals surface area contributed by atoms with Crippen molar-refractivity contribution in [1.29, 1.82) is 0 Å². The second-order valence-electron chi connectivity index (χ2n) is 3.75. The number of aliphatic hydroxyl groups is 1. The van der Waals surface area contributed by atoms with Crippen LogP contribution in [0.1, 0.15) is 18.2 Å². The average Bonchev–Trinajstić information content (AvgIpc) is 2.67. The Balaban J connectivity index is 2.29. The van der Waals surface area contributed by atoms with Crippen molar-refractivity contribution in [3.05, 3.63) is 27.1 Å². The van der Waals surface area contributed by atoms with Gasteiger partial charge in [-0.3, -0.25) is 10.1 Å². The number of nitro groups is 1. The molecule has 6 heteroatoms. The summed E-state index contributed by atoms with van der Waals surface area (Å²) in [5, 5.41) is 22.6. The van der Waals surface area contributed by atoms with Gasteiger partial charge in [0.2, 0.25) is 0 Å². The largest absolute Gasteiger partial charge is 0.396 e. The molecule has 1 rings (SSSR count). The van der Waals surface area contributed by atoms with Crippen molar-refractivity contribution in [2.24, 2.45) is 5.92 Å². The number of rotatable bonds is 7. The molecule has 0 aliphatic heterocycles. The molecule has 0 radical (unpaired) electrons. The highest BCUT2D eigenvalue weighted by Crippen LogP contribution is 2.23. The van der Waals surface area contributed by atoms with Crippen LogP contribution in [0.5, 0.6) is 0 Å². The van der Waals surface area contributed by atoms with Crippen LogP contribution in [0, 0.1) is 16.0 Å². The summed E-state index contributed by atoms with van der Waals surface area (Å²) in [5.74, 6) is 0.417. The van der Waals surface area contributed by atoms with Gasteiger partial charge in [0.1, 0.15) is 0 Å². The van der Waals surface area contributed by atoms with E-state index < -0.39 is 0 Å². The van der Waals surface area contributed by atoms with E-state index in [-0.39, 0.29) is 16.5 Å². The van der Waals surface area contributed by atoms with Gasteiger partial charge in [0.25, 0.3) is 0 Å². The fourth-order valence-corrected chi connectivity index (χ4v) is 2.11. The van der Waals surface area contributed by atoms with Crippen molar-refractivity contribution < 1.29 is 10.0 Å². The van der Waals surface area contributed by atoms with Crippen LogP contribution in [0.15, 0.2) is 12.1 Å². The third-order valence-electron chi connectivity index (χ3n) is 2.24. The van der Waals surface area contributed by atoms with E-state index in [0.29, 0.717) is 12.5 Å². The van der Waals surface area contributed by atoms with Crippen molar-refractivity contribution in [2.75, 3.05) is 13.2 Å². The summed E-state index contributed by atoms with van der Waals surface area (Å²) in [4.78, 5) is 11.0. The van der Waals surface area contributed by atoms with E-state index in [1.807, 2.05) is 0 Å². The SMILES string of the molecule is CC(CCO)CNCc1ccc([N+](=O)[O-])s1. The Morgan fingerprint density at radius 2 is 2.38 bits per heavy atom. The van der Waals surface area contributed by atoms with Gasteiger partial charge in [-0.2, -0.15) is 0 Å². The number of aliphatic hydroxyl groups excluding tert-OH is 1. The maximum absolute atomic E-state index is 10.4. The van der Waals surface area contributed by atoms with Crippen LogP contribution in [-0.4, -0.2) is 23.2 Å². The fourth-order valence-electron chi connectivity index (χ4n) is 1.32. The Morgan fingerprint density at radius 1 is 1.62 bits per heavy atom. The second-order valence-corrected chi connectivity index (χ2v) is 4.89. The molecular weight excluding hydrogens is 228 g/mol. The lowest BCUT2D eigenvalue weighted by Gasteiger charge is -2.09. The molecule has 5 nitrogen and oxygen atoms in total. The molecule has 0 spiro atoms. The quantitative estimate of drug-likeness (QED) is 0.566. The molecule has 0 aliphatic rings.